The Morgan fingerprint density at radius 1 is 1.05 bits per heavy atom. The highest BCUT2D eigenvalue weighted by Gasteiger charge is 2.46. The number of aromatic nitrogens is 1. The first-order chi connectivity index (χ1) is 18.2. The number of piperidine rings is 1. The van der Waals surface area contributed by atoms with E-state index in [1.807, 2.05) is 13.8 Å². The quantitative estimate of drug-likeness (QED) is 0.537. The lowest BCUT2D eigenvalue weighted by Gasteiger charge is -2.35. The SMILES string of the molecule is CC(C)(C)NS(=O)(=O)c1cccc(NC(=O)c2ccc(N3C(=O)OCC3(C)C)nc2N2CCC3(CC2)CC3)c1. The van der Waals surface area contributed by atoms with Crippen LogP contribution in [0.15, 0.2) is 41.3 Å². The van der Waals surface area contributed by atoms with Gasteiger partial charge in [0, 0.05) is 24.3 Å². The van der Waals surface area contributed by atoms with Gasteiger partial charge in [0.15, 0.2) is 0 Å². The number of nitrogens with one attached hydrogen (secondary N) is 2. The molecule has 2 aromatic rings. The van der Waals surface area contributed by atoms with Crippen LogP contribution in [0.5, 0.6) is 0 Å². The van der Waals surface area contributed by atoms with E-state index in [1.165, 1.54) is 29.9 Å². The van der Waals surface area contributed by atoms with Gasteiger partial charge in [-0.05, 0) is 96.0 Å². The number of amides is 2. The summed E-state index contributed by atoms with van der Waals surface area (Å²) in [6, 6.07) is 9.51. The highest BCUT2D eigenvalue weighted by atomic mass is 32.2. The number of rotatable bonds is 6. The molecule has 1 aromatic carbocycles. The first-order valence-electron chi connectivity index (χ1n) is 13.4. The molecule has 11 heteroatoms. The van der Waals surface area contributed by atoms with E-state index in [-0.39, 0.29) is 11.5 Å². The third-order valence-corrected chi connectivity index (χ3v) is 9.35. The van der Waals surface area contributed by atoms with E-state index in [9.17, 15) is 18.0 Å². The number of sulfonamides is 1. The largest absolute Gasteiger partial charge is 0.447 e. The average Bonchev–Trinajstić information content (AvgIpc) is 3.54. The average molecular weight is 556 g/mol. The number of benzene rings is 1. The smallest absolute Gasteiger partial charge is 0.416 e. The van der Waals surface area contributed by atoms with Crippen LogP contribution in [0.2, 0.25) is 0 Å². The van der Waals surface area contributed by atoms with E-state index in [1.54, 1.807) is 45.0 Å². The van der Waals surface area contributed by atoms with Crippen molar-refractivity contribution in [3.8, 4) is 0 Å². The van der Waals surface area contributed by atoms with Gasteiger partial charge in [0.05, 0.1) is 16.0 Å². The molecule has 2 N–H and O–H groups in total. The molecule has 10 nitrogen and oxygen atoms in total. The van der Waals surface area contributed by atoms with Crippen LogP contribution in [0.4, 0.5) is 22.1 Å². The molecule has 1 saturated carbocycles. The normalized spacial score (nSPS) is 20.2. The van der Waals surface area contributed by atoms with Crippen molar-refractivity contribution in [2.24, 2.45) is 5.41 Å². The fourth-order valence-corrected chi connectivity index (χ4v) is 6.73. The van der Waals surface area contributed by atoms with E-state index < -0.39 is 33.1 Å². The molecule has 1 aliphatic carbocycles. The Kier molecular flexibility index (Phi) is 6.66. The number of cyclic esters (lactones) is 1. The Morgan fingerprint density at radius 3 is 2.33 bits per heavy atom. The lowest BCUT2D eigenvalue weighted by molar-refractivity contribution is 0.102. The van der Waals surface area contributed by atoms with E-state index in [2.05, 4.69) is 14.9 Å². The Hall–Kier alpha value is -3.18. The lowest BCUT2D eigenvalue weighted by atomic mass is 9.93. The molecule has 1 spiro atoms. The van der Waals surface area contributed by atoms with Gasteiger partial charge in [-0.3, -0.25) is 9.69 Å². The molecule has 0 radical (unpaired) electrons. The zero-order valence-corrected chi connectivity index (χ0v) is 24.0. The second kappa shape index (κ2) is 9.48. The second-order valence-corrected chi connectivity index (χ2v) is 14.2. The van der Waals surface area contributed by atoms with Crippen LogP contribution in [-0.4, -0.2) is 56.2 Å². The summed E-state index contributed by atoms with van der Waals surface area (Å²) in [6.45, 7) is 10.9. The van der Waals surface area contributed by atoms with Crippen molar-refractivity contribution in [1.29, 1.82) is 0 Å². The summed E-state index contributed by atoms with van der Waals surface area (Å²) in [4.78, 5) is 34.7. The standard InChI is InChI=1S/C28H37N5O5S/c1-26(2,3)31-39(36,37)20-8-6-7-19(17-20)29-24(34)21-9-10-22(33-25(35)38-18-27(33,4)5)30-23(21)32-15-13-28(11-12-28)14-16-32/h6-10,17,31H,11-16,18H2,1-5H3,(H,29,34). The van der Waals surface area contributed by atoms with E-state index in [4.69, 9.17) is 9.72 Å². The van der Waals surface area contributed by atoms with Crippen molar-refractivity contribution in [3.63, 3.8) is 0 Å². The minimum absolute atomic E-state index is 0.0597. The summed E-state index contributed by atoms with van der Waals surface area (Å²) in [5.41, 5.74) is -0.0734. The molecule has 0 atom stereocenters. The minimum atomic E-state index is -3.77. The minimum Gasteiger partial charge on any atom is -0.447 e. The molecule has 1 aromatic heterocycles. The number of carbonyl (C=O) groups is 2. The van der Waals surface area contributed by atoms with Crippen molar-refractivity contribution in [2.45, 2.75) is 76.3 Å². The Labute approximate surface area is 230 Å². The first-order valence-corrected chi connectivity index (χ1v) is 14.8. The summed E-state index contributed by atoms with van der Waals surface area (Å²) < 4.78 is 33.6. The highest BCUT2D eigenvalue weighted by Crippen LogP contribution is 2.54. The summed E-state index contributed by atoms with van der Waals surface area (Å²) >= 11 is 0. The maximum Gasteiger partial charge on any atom is 0.416 e. The predicted molar refractivity (Wildman–Crippen MR) is 150 cm³/mol. The van der Waals surface area contributed by atoms with Crippen LogP contribution in [0.3, 0.4) is 0 Å². The zero-order valence-electron chi connectivity index (χ0n) is 23.2. The van der Waals surface area contributed by atoms with E-state index >= 15 is 0 Å². The van der Waals surface area contributed by atoms with Gasteiger partial charge in [-0.25, -0.2) is 22.9 Å². The summed E-state index contributed by atoms with van der Waals surface area (Å²) in [7, 11) is -3.77. The van der Waals surface area contributed by atoms with Gasteiger partial charge in [0.2, 0.25) is 10.0 Å². The Balaban J connectivity index is 1.45. The van der Waals surface area contributed by atoms with Crippen molar-refractivity contribution >= 4 is 39.3 Å². The van der Waals surface area contributed by atoms with Gasteiger partial charge in [0.1, 0.15) is 18.2 Å². The topological polar surface area (TPSA) is 121 Å². The zero-order chi connectivity index (χ0) is 28.2. The second-order valence-electron chi connectivity index (χ2n) is 12.6. The molecule has 210 valence electrons. The monoisotopic (exact) mass is 555 g/mol. The molecule has 2 saturated heterocycles. The molecule has 3 aliphatic rings. The van der Waals surface area contributed by atoms with Crippen LogP contribution in [0.1, 0.15) is 70.7 Å². The maximum absolute atomic E-state index is 13.6. The fourth-order valence-electron chi connectivity index (χ4n) is 5.27. The van der Waals surface area contributed by atoms with Crippen LogP contribution in [0, 0.1) is 5.41 Å². The molecular formula is C28H37N5O5S. The van der Waals surface area contributed by atoms with Crippen LogP contribution < -0.4 is 19.8 Å². The third kappa shape index (κ3) is 5.74. The molecular weight excluding hydrogens is 518 g/mol. The number of hydrogen-bond donors (Lipinski definition) is 2. The van der Waals surface area contributed by atoms with E-state index in [0.29, 0.717) is 28.3 Å². The molecule has 39 heavy (non-hydrogen) atoms. The molecule has 2 aliphatic heterocycles. The molecule has 5 rings (SSSR count). The summed E-state index contributed by atoms with van der Waals surface area (Å²) in [5, 5.41) is 2.85. The summed E-state index contributed by atoms with van der Waals surface area (Å²) in [5.74, 6) is 0.536. The Bertz CT molecular complexity index is 1400. The summed E-state index contributed by atoms with van der Waals surface area (Å²) in [6.07, 6.45) is 4.11. The fraction of sp³-hybridized carbons (Fsp3) is 0.536. The predicted octanol–water partition coefficient (Wildman–Crippen LogP) is 4.53. The van der Waals surface area contributed by atoms with E-state index in [0.717, 1.165) is 25.9 Å². The number of ether oxygens (including phenoxy) is 1. The van der Waals surface area contributed by atoms with Gasteiger partial charge in [-0.2, -0.15) is 0 Å². The van der Waals surface area contributed by atoms with Crippen molar-refractivity contribution in [1.82, 2.24) is 9.71 Å². The van der Waals surface area contributed by atoms with Crippen LogP contribution >= 0.6 is 0 Å². The van der Waals surface area contributed by atoms with Gasteiger partial charge >= 0.3 is 6.09 Å². The maximum atomic E-state index is 13.6. The first kappa shape index (κ1) is 27.4. The van der Waals surface area contributed by atoms with Crippen LogP contribution in [0.25, 0.3) is 0 Å². The number of nitrogens with zero attached hydrogens (tertiary/aromatic N) is 3. The number of carbonyl (C=O) groups excluding carboxylic acids is 2. The number of anilines is 3. The number of pyridine rings is 1. The number of hydrogen-bond acceptors (Lipinski definition) is 7. The van der Waals surface area contributed by atoms with Gasteiger partial charge in [-0.15, -0.1) is 0 Å². The Morgan fingerprint density at radius 2 is 1.74 bits per heavy atom. The molecule has 3 fully saturated rings. The third-order valence-electron chi connectivity index (χ3n) is 7.59. The highest BCUT2D eigenvalue weighted by molar-refractivity contribution is 7.89. The van der Waals surface area contributed by atoms with Crippen LogP contribution in [-0.2, 0) is 14.8 Å². The molecule has 3 heterocycles. The van der Waals surface area contributed by atoms with Crippen molar-refractivity contribution in [2.75, 3.05) is 34.8 Å². The molecule has 0 unspecified atom stereocenters. The molecule has 2 amide bonds. The van der Waals surface area contributed by atoms with Crippen molar-refractivity contribution < 1.29 is 22.7 Å². The van der Waals surface area contributed by atoms with Gasteiger partial charge < -0.3 is 15.0 Å². The lowest BCUT2D eigenvalue weighted by Crippen LogP contribution is -2.43. The van der Waals surface area contributed by atoms with Gasteiger partial charge in [0.25, 0.3) is 5.91 Å². The molecule has 0 bridgehead atoms. The van der Waals surface area contributed by atoms with Crippen molar-refractivity contribution in [3.05, 3.63) is 42.0 Å². The van der Waals surface area contributed by atoms with Gasteiger partial charge in [-0.1, -0.05) is 6.07 Å².